The van der Waals surface area contributed by atoms with Gasteiger partial charge in [0.25, 0.3) is 0 Å². The van der Waals surface area contributed by atoms with Crippen molar-refractivity contribution in [3.63, 3.8) is 0 Å². The van der Waals surface area contributed by atoms with Gasteiger partial charge in [-0.3, -0.25) is 0 Å². The summed E-state index contributed by atoms with van der Waals surface area (Å²) in [6.07, 6.45) is 9.69. The smallest absolute Gasteiger partial charge is 0.338 e. The maximum absolute atomic E-state index is 10.9. The minimum atomic E-state index is -0.785. The lowest BCUT2D eigenvalue weighted by molar-refractivity contribution is -0.143. The topological polar surface area (TPSA) is 49.8 Å². The normalized spacial score (nSPS) is 32.3. The third kappa shape index (κ3) is 2.71. The van der Waals surface area contributed by atoms with Gasteiger partial charge in [-0.05, 0) is 18.8 Å². The number of hydrogen-bond donors (Lipinski definition) is 1. The van der Waals surface area contributed by atoms with Crippen LogP contribution in [-0.4, -0.2) is 23.3 Å². The summed E-state index contributed by atoms with van der Waals surface area (Å²) < 4.78 is 5.08. The van der Waals surface area contributed by atoms with Crippen LogP contribution in [0.3, 0.4) is 0 Å². The maximum Gasteiger partial charge on any atom is 0.338 e. The van der Waals surface area contributed by atoms with Crippen molar-refractivity contribution >= 4 is 5.97 Å². The van der Waals surface area contributed by atoms with E-state index in [2.05, 4.69) is 0 Å². The standard InChI is InChI=1S/C12H20O3/c13-11(14)12(9-15-12)8-7-10-5-3-1-2-4-6-10/h10H,1-9H2,(H,13,14). The van der Waals surface area contributed by atoms with Crippen LogP contribution in [0.4, 0.5) is 0 Å². The van der Waals surface area contributed by atoms with E-state index < -0.39 is 11.6 Å². The molecule has 0 radical (unpaired) electrons. The van der Waals surface area contributed by atoms with Crippen LogP contribution in [0.5, 0.6) is 0 Å². The number of epoxide rings is 1. The van der Waals surface area contributed by atoms with Gasteiger partial charge in [-0.1, -0.05) is 38.5 Å². The Kier molecular flexibility index (Phi) is 3.29. The van der Waals surface area contributed by atoms with Crippen molar-refractivity contribution in [3.05, 3.63) is 0 Å². The molecule has 1 saturated carbocycles. The van der Waals surface area contributed by atoms with Crippen molar-refractivity contribution in [3.8, 4) is 0 Å². The molecule has 2 aliphatic rings. The van der Waals surface area contributed by atoms with Gasteiger partial charge >= 0.3 is 5.97 Å². The van der Waals surface area contributed by atoms with Gasteiger partial charge in [0, 0.05) is 0 Å². The lowest BCUT2D eigenvalue weighted by Gasteiger charge is -2.15. The Bertz CT molecular complexity index is 225. The van der Waals surface area contributed by atoms with Gasteiger partial charge in [-0.2, -0.15) is 0 Å². The number of carbonyl (C=O) groups is 1. The number of rotatable bonds is 4. The summed E-state index contributed by atoms with van der Waals surface area (Å²) >= 11 is 0. The van der Waals surface area contributed by atoms with E-state index >= 15 is 0 Å². The van der Waals surface area contributed by atoms with Gasteiger partial charge in [0.1, 0.15) is 0 Å². The van der Waals surface area contributed by atoms with Gasteiger partial charge in [-0.25, -0.2) is 4.79 Å². The Morgan fingerprint density at radius 3 is 2.33 bits per heavy atom. The number of carboxylic acids is 1. The van der Waals surface area contributed by atoms with E-state index in [0.29, 0.717) is 13.0 Å². The van der Waals surface area contributed by atoms with Crippen LogP contribution in [0, 0.1) is 5.92 Å². The molecule has 0 amide bonds. The number of carboxylic acid groups (broad SMARTS) is 1. The SMILES string of the molecule is O=C(O)C1(CCC2CCCCCC2)CO1. The number of hydrogen-bond acceptors (Lipinski definition) is 2. The Morgan fingerprint density at radius 2 is 1.87 bits per heavy atom. The molecule has 0 aromatic rings. The van der Waals surface area contributed by atoms with E-state index in [9.17, 15) is 4.79 Å². The number of aliphatic carboxylic acids is 1. The molecular formula is C12H20O3. The van der Waals surface area contributed by atoms with Gasteiger partial charge in [0.05, 0.1) is 6.61 Å². The Hall–Kier alpha value is -0.570. The maximum atomic E-state index is 10.9. The fraction of sp³-hybridized carbons (Fsp3) is 0.917. The Morgan fingerprint density at radius 1 is 1.27 bits per heavy atom. The molecule has 1 saturated heterocycles. The summed E-state index contributed by atoms with van der Waals surface area (Å²) in [6.45, 7) is 0.426. The predicted octanol–water partition coefficient (Wildman–Crippen LogP) is 2.59. The Labute approximate surface area is 90.8 Å². The van der Waals surface area contributed by atoms with Crippen LogP contribution >= 0.6 is 0 Å². The first kappa shape index (κ1) is 10.9. The largest absolute Gasteiger partial charge is 0.479 e. The van der Waals surface area contributed by atoms with Gasteiger partial charge < -0.3 is 9.84 Å². The average molecular weight is 212 g/mol. The van der Waals surface area contributed by atoms with Gasteiger partial charge in [0.15, 0.2) is 5.60 Å². The molecular weight excluding hydrogens is 192 g/mol. The molecule has 15 heavy (non-hydrogen) atoms. The fourth-order valence-electron chi connectivity index (χ4n) is 2.55. The fourth-order valence-corrected chi connectivity index (χ4v) is 2.55. The second kappa shape index (κ2) is 4.52. The molecule has 0 spiro atoms. The van der Waals surface area contributed by atoms with Crippen molar-refractivity contribution < 1.29 is 14.6 Å². The number of ether oxygens (including phenoxy) is 1. The van der Waals surface area contributed by atoms with E-state index in [1.165, 1.54) is 38.5 Å². The molecule has 2 rings (SSSR count). The van der Waals surface area contributed by atoms with Crippen molar-refractivity contribution in [2.75, 3.05) is 6.61 Å². The summed E-state index contributed by atoms with van der Waals surface area (Å²) in [4.78, 5) is 10.9. The lowest BCUT2D eigenvalue weighted by Crippen LogP contribution is -2.24. The van der Waals surface area contributed by atoms with E-state index in [0.717, 1.165) is 12.3 Å². The van der Waals surface area contributed by atoms with E-state index in [1.807, 2.05) is 0 Å². The molecule has 1 N–H and O–H groups in total. The molecule has 1 atom stereocenters. The van der Waals surface area contributed by atoms with Crippen LogP contribution in [0.1, 0.15) is 51.4 Å². The van der Waals surface area contributed by atoms with Crippen molar-refractivity contribution in [2.45, 2.75) is 57.0 Å². The molecule has 1 unspecified atom stereocenters. The summed E-state index contributed by atoms with van der Waals surface area (Å²) in [5.74, 6) is -0.0240. The quantitative estimate of drug-likeness (QED) is 0.575. The average Bonchev–Trinajstić information content (AvgIpc) is 3.01. The van der Waals surface area contributed by atoms with Crippen LogP contribution in [0.2, 0.25) is 0 Å². The zero-order valence-corrected chi connectivity index (χ0v) is 9.21. The first-order valence-corrected chi connectivity index (χ1v) is 6.10. The molecule has 2 fully saturated rings. The first-order chi connectivity index (χ1) is 7.23. The second-order valence-electron chi connectivity index (χ2n) is 4.98. The molecule has 0 aromatic heterocycles. The van der Waals surface area contributed by atoms with Crippen LogP contribution in [0.15, 0.2) is 0 Å². The van der Waals surface area contributed by atoms with Crippen LogP contribution < -0.4 is 0 Å². The molecule has 0 bridgehead atoms. The highest BCUT2D eigenvalue weighted by Gasteiger charge is 2.52. The van der Waals surface area contributed by atoms with Crippen molar-refractivity contribution in [1.29, 1.82) is 0 Å². The van der Waals surface area contributed by atoms with Crippen molar-refractivity contribution in [2.24, 2.45) is 5.92 Å². The van der Waals surface area contributed by atoms with Crippen LogP contribution in [0.25, 0.3) is 0 Å². The highest BCUT2D eigenvalue weighted by Crippen LogP contribution is 2.36. The minimum Gasteiger partial charge on any atom is -0.479 e. The van der Waals surface area contributed by atoms with E-state index in [4.69, 9.17) is 9.84 Å². The minimum absolute atomic E-state index is 0.426. The highest BCUT2D eigenvalue weighted by atomic mass is 16.6. The van der Waals surface area contributed by atoms with Crippen LogP contribution in [-0.2, 0) is 9.53 Å². The molecule has 0 aromatic carbocycles. The highest BCUT2D eigenvalue weighted by molar-refractivity contribution is 5.80. The van der Waals surface area contributed by atoms with E-state index in [1.54, 1.807) is 0 Å². The molecule has 86 valence electrons. The summed E-state index contributed by atoms with van der Waals surface area (Å²) in [5.41, 5.74) is -0.785. The third-order valence-corrected chi connectivity index (χ3v) is 3.81. The second-order valence-corrected chi connectivity index (χ2v) is 4.98. The first-order valence-electron chi connectivity index (χ1n) is 6.10. The monoisotopic (exact) mass is 212 g/mol. The molecule has 1 aliphatic carbocycles. The summed E-state index contributed by atoms with van der Waals surface area (Å²) in [7, 11) is 0. The van der Waals surface area contributed by atoms with Gasteiger partial charge in [-0.15, -0.1) is 0 Å². The predicted molar refractivity (Wildman–Crippen MR) is 56.7 cm³/mol. The Balaban J connectivity index is 1.74. The molecule has 3 nitrogen and oxygen atoms in total. The van der Waals surface area contributed by atoms with E-state index in [-0.39, 0.29) is 0 Å². The molecule has 3 heteroatoms. The third-order valence-electron chi connectivity index (χ3n) is 3.81. The molecule has 1 aliphatic heterocycles. The zero-order valence-electron chi connectivity index (χ0n) is 9.21. The zero-order chi connectivity index (χ0) is 10.7. The summed E-state index contributed by atoms with van der Waals surface area (Å²) in [5, 5.41) is 8.96. The summed E-state index contributed by atoms with van der Waals surface area (Å²) in [6, 6.07) is 0. The van der Waals surface area contributed by atoms with Gasteiger partial charge in [0.2, 0.25) is 0 Å². The van der Waals surface area contributed by atoms with Crippen molar-refractivity contribution in [1.82, 2.24) is 0 Å². The molecule has 1 heterocycles. The lowest BCUT2D eigenvalue weighted by atomic mass is 9.91.